The van der Waals surface area contributed by atoms with Gasteiger partial charge in [-0.05, 0) is 35.9 Å². The average Bonchev–Trinajstić information content (AvgIpc) is 2.70. The monoisotopic (exact) mass is 366 g/mol. The fraction of sp³-hybridized carbons (Fsp3) is 0.111. The molecule has 0 radical (unpaired) electrons. The molecule has 138 valence electrons. The molecule has 4 N–H and O–H groups in total. The molecular weight excluding hydrogens is 348 g/mol. The zero-order valence-electron chi connectivity index (χ0n) is 14.7. The predicted octanol–water partition coefficient (Wildman–Crippen LogP) is 1.51. The van der Waals surface area contributed by atoms with Crippen LogP contribution in [0.5, 0.6) is 11.5 Å². The van der Waals surface area contributed by atoms with Crippen LogP contribution in [-0.4, -0.2) is 41.2 Å². The van der Waals surface area contributed by atoms with Crippen molar-refractivity contribution in [3.8, 4) is 11.5 Å². The fourth-order valence-corrected chi connectivity index (χ4v) is 2.45. The van der Waals surface area contributed by atoms with Gasteiger partial charge in [0.05, 0.1) is 26.0 Å². The summed E-state index contributed by atoms with van der Waals surface area (Å²) in [5.41, 5.74) is 7.25. The van der Waals surface area contributed by atoms with Gasteiger partial charge in [0.15, 0.2) is 28.5 Å². The Kier molecular flexibility index (Phi) is 5.02. The van der Waals surface area contributed by atoms with E-state index in [-0.39, 0.29) is 17.0 Å². The second-order valence-electron chi connectivity index (χ2n) is 5.45. The zero-order valence-corrected chi connectivity index (χ0v) is 14.7. The van der Waals surface area contributed by atoms with E-state index < -0.39 is 0 Å². The van der Waals surface area contributed by atoms with E-state index in [2.05, 4.69) is 15.2 Å². The summed E-state index contributed by atoms with van der Waals surface area (Å²) in [4.78, 5) is 4.28. The quantitative estimate of drug-likeness (QED) is 0.273. The summed E-state index contributed by atoms with van der Waals surface area (Å²) in [7, 11) is 3.10. The summed E-state index contributed by atoms with van der Waals surface area (Å²) in [5, 5.41) is 25.9. The van der Waals surface area contributed by atoms with Crippen molar-refractivity contribution >= 4 is 23.1 Å². The number of fused-ring (bicyclic) bond motifs is 1. The maximum absolute atomic E-state index is 10.1. The second kappa shape index (κ2) is 7.56. The minimum Gasteiger partial charge on any atom is -0.493 e. The lowest BCUT2D eigenvalue weighted by Crippen LogP contribution is -2.31. The number of nitrogens with two attached hydrogens (primary N) is 1. The molecule has 2 aromatic carbocycles. The normalized spacial score (nSPS) is 11.9. The first-order valence-corrected chi connectivity index (χ1v) is 7.89. The van der Waals surface area contributed by atoms with E-state index in [0.717, 1.165) is 5.56 Å². The highest BCUT2D eigenvalue weighted by Gasteiger charge is 2.10. The van der Waals surface area contributed by atoms with Crippen LogP contribution >= 0.6 is 0 Å². The Morgan fingerprint density at radius 1 is 1.19 bits per heavy atom. The standard InChI is InChI=1S/C18H18N6O3/c1-26-14-8-7-11(9-15(14)27-2)10-21-23-17(19)16-18(20)24(25)13-6-4-3-5-12(13)22-16/h3-10,20,25H,1-2H3,(H2,19,23). The number of aromatic nitrogens is 2. The van der Waals surface area contributed by atoms with Crippen LogP contribution in [0.25, 0.3) is 11.0 Å². The van der Waals surface area contributed by atoms with E-state index in [1.807, 2.05) is 0 Å². The summed E-state index contributed by atoms with van der Waals surface area (Å²) in [6.07, 6.45) is 1.48. The Morgan fingerprint density at radius 2 is 1.93 bits per heavy atom. The SMILES string of the molecule is COc1ccc(C=N/N=C(/N)c2nc3ccccc3n(O)c2=N)cc1OC. The number of rotatable bonds is 5. The Labute approximate surface area is 154 Å². The van der Waals surface area contributed by atoms with Gasteiger partial charge in [0, 0.05) is 0 Å². The maximum atomic E-state index is 10.1. The van der Waals surface area contributed by atoms with Gasteiger partial charge in [-0.15, -0.1) is 5.10 Å². The molecule has 0 amide bonds. The first-order valence-electron chi connectivity index (χ1n) is 7.89. The maximum Gasteiger partial charge on any atom is 0.191 e. The van der Waals surface area contributed by atoms with Crippen molar-refractivity contribution in [2.24, 2.45) is 15.9 Å². The number of para-hydroxylation sites is 2. The van der Waals surface area contributed by atoms with Gasteiger partial charge in [-0.25, -0.2) is 4.98 Å². The molecule has 0 spiro atoms. The van der Waals surface area contributed by atoms with Gasteiger partial charge < -0.3 is 20.4 Å². The van der Waals surface area contributed by atoms with Gasteiger partial charge >= 0.3 is 0 Å². The van der Waals surface area contributed by atoms with Crippen molar-refractivity contribution in [2.45, 2.75) is 0 Å². The molecule has 0 saturated heterocycles. The second-order valence-corrected chi connectivity index (χ2v) is 5.45. The summed E-state index contributed by atoms with van der Waals surface area (Å²) < 4.78 is 11.1. The first kappa shape index (κ1) is 17.9. The lowest BCUT2D eigenvalue weighted by molar-refractivity contribution is 0.183. The molecule has 0 bridgehead atoms. The number of amidine groups is 1. The van der Waals surface area contributed by atoms with Gasteiger partial charge in [-0.2, -0.15) is 9.83 Å². The molecule has 0 fully saturated rings. The number of nitrogens with one attached hydrogen (secondary N) is 1. The Balaban J connectivity index is 1.92. The number of hydrogen-bond acceptors (Lipinski definition) is 7. The lowest BCUT2D eigenvalue weighted by Gasteiger charge is -2.07. The van der Waals surface area contributed by atoms with Gasteiger partial charge in [-0.3, -0.25) is 5.41 Å². The molecule has 0 aliphatic rings. The molecule has 9 heteroatoms. The van der Waals surface area contributed by atoms with Crippen LogP contribution in [0.15, 0.2) is 52.7 Å². The van der Waals surface area contributed by atoms with E-state index in [1.54, 1.807) is 56.7 Å². The Bertz CT molecular complexity index is 1100. The van der Waals surface area contributed by atoms with Crippen molar-refractivity contribution < 1.29 is 14.7 Å². The van der Waals surface area contributed by atoms with Crippen molar-refractivity contribution in [3.63, 3.8) is 0 Å². The van der Waals surface area contributed by atoms with Crippen LogP contribution in [0.3, 0.4) is 0 Å². The van der Waals surface area contributed by atoms with Gasteiger partial charge in [0.25, 0.3) is 0 Å². The largest absolute Gasteiger partial charge is 0.493 e. The molecule has 9 nitrogen and oxygen atoms in total. The number of methoxy groups -OCH3 is 2. The molecule has 0 unspecified atom stereocenters. The van der Waals surface area contributed by atoms with Gasteiger partial charge in [0.1, 0.15) is 5.52 Å². The van der Waals surface area contributed by atoms with Crippen molar-refractivity contribution in [2.75, 3.05) is 14.2 Å². The number of hydrogen-bond donors (Lipinski definition) is 3. The first-order chi connectivity index (χ1) is 13.0. The summed E-state index contributed by atoms with van der Waals surface area (Å²) >= 11 is 0. The van der Waals surface area contributed by atoms with Crippen LogP contribution in [0.2, 0.25) is 0 Å². The molecular formula is C18H18N6O3. The van der Waals surface area contributed by atoms with E-state index in [0.29, 0.717) is 27.3 Å². The zero-order chi connectivity index (χ0) is 19.4. The molecule has 0 aliphatic carbocycles. The molecule has 0 saturated carbocycles. The van der Waals surface area contributed by atoms with E-state index >= 15 is 0 Å². The third kappa shape index (κ3) is 3.56. The average molecular weight is 366 g/mol. The van der Waals surface area contributed by atoms with E-state index in [4.69, 9.17) is 20.6 Å². The molecule has 3 rings (SSSR count). The van der Waals surface area contributed by atoms with Crippen LogP contribution in [0, 0.1) is 5.41 Å². The number of nitrogens with zero attached hydrogens (tertiary/aromatic N) is 4. The summed E-state index contributed by atoms with van der Waals surface area (Å²) in [6.45, 7) is 0. The highest BCUT2D eigenvalue weighted by Crippen LogP contribution is 2.26. The Morgan fingerprint density at radius 3 is 2.67 bits per heavy atom. The molecule has 1 aromatic heterocycles. The molecule has 0 atom stereocenters. The van der Waals surface area contributed by atoms with Gasteiger partial charge in [0.2, 0.25) is 0 Å². The summed E-state index contributed by atoms with van der Waals surface area (Å²) in [5.74, 6) is 1.07. The smallest absolute Gasteiger partial charge is 0.191 e. The van der Waals surface area contributed by atoms with Gasteiger partial charge in [-0.1, -0.05) is 12.1 Å². The molecule has 0 aliphatic heterocycles. The number of ether oxygens (including phenoxy) is 2. The molecule has 27 heavy (non-hydrogen) atoms. The van der Waals surface area contributed by atoms with Crippen LogP contribution < -0.4 is 20.7 Å². The highest BCUT2D eigenvalue weighted by atomic mass is 16.5. The lowest BCUT2D eigenvalue weighted by atomic mass is 10.2. The van der Waals surface area contributed by atoms with Crippen LogP contribution in [0.4, 0.5) is 0 Å². The topological polar surface area (TPSA) is 131 Å². The minimum atomic E-state index is -0.281. The van der Waals surface area contributed by atoms with Crippen molar-refractivity contribution in [1.29, 1.82) is 5.41 Å². The van der Waals surface area contributed by atoms with Crippen molar-refractivity contribution in [1.82, 2.24) is 9.71 Å². The highest BCUT2D eigenvalue weighted by molar-refractivity contribution is 5.97. The Hall–Kier alpha value is -3.88. The fourth-order valence-electron chi connectivity index (χ4n) is 2.45. The predicted molar refractivity (Wildman–Crippen MR) is 101 cm³/mol. The van der Waals surface area contributed by atoms with Crippen LogP contribution in [-0.2, 0) is 0 Å². The van der Waals surface area contributed by atoms with Crippen LogP contribution in [0.1, 0.15) is 11.3 Å². The molecule has 3 aromatic rings. The van der Waals surface area contributed by atoms with E-state index in [1.165, 1.54) is 6.21 Å². The molecule has 1 heterocycles. The van der Waals surface area contributed by atoms with E-state index in [9.17, 15) is 5.21 Å². The summed E-state index contributed by atoms with van der Waals surface area (Å²) in [6, 6.07) is 12.1. The third-order valence-electron chi connectivity index (χ3n) is 3.80. The number of benzene rings is 2. The van der Waals surface area contributed by atoms with Crippen molar-refractivity contribution in [3.05, 3.63) is 59.2 Å². The minimum absolute atomic E-state index is 0.0284. The third-order valence-corrected chi connectivity index (χ3v) is 3.80.